The van der Waals surface area contributed by atoms with Gasteiger partial charge in [0.25, 0.3) is 5.91 Å². The number of fused-ring (bicyclic) bond motifs is 1. The lowest BCUT2D eigenvalue weighted by molar-refractivity contribution is -0.121. The Balaban J connectivity index is 1.98. The normalized spacial score (nSPS) is 13.8. The summed E-state index contributed by atoms with van der Waals surface area (Å²) in [6, 6.07) is 11.7. The van der Waals surface area contributed by atoms with Crippen LogP contribution in [0.3, 0.4) is 0 Å². The van der Waals surface area contributed by atoms with E-state index in [1.54, 1.807) is 17.0 Å². The SMILES string of the molecule is Cc1ccc(C)c(CN2C(=O)COc3cc(N)ccc32)c1. The molecule has 21 heavy (non-hydrogen) atoms. The molecule has 108 valence electrons. The van der Waals surface area contributed by atoms with E-state index in [1.165, 1.54) is 11.1 Å². The number of rotatable bonds is 2. The molecule has 0 radical (unpaired) electrons. The third-order valence-electron chi connectivity index (χ3n) is 3.76. The van der Waals surface area contributed by atoms with Crippen molar-refractivity contribution in [2.24, 2.45) is 0 Å². The highest BCUT2D eigenvalue weighted by Gasteiger charge is 2.26. The minimum Gasteiger partial charge on any atom is -0.481 e. The number of anilines is 2. The Kier molecular flexibility index (Phi) is 3.29. The van der Waals surface area contributed by atoms with Crippen LogP contribution in [0, 0.1) is 13.8 Å². The zero-order chi connectivity index (χ0) is 15.0. The van der Waals surface area contributed by atoms with E-state index in [0.29, 0.717) is 18.0 Å². The van der Waals surface area contributed by atoms with Gasteiger partial charge in [-0.2, -0.15) is 0 Å². The van der Waals surface area contributed by atoms with Gasteiger partial charge in [0.05, 0.1) is 12.2 Å². The molecule has 0 saturated heterocycles. The number of nitrogens with two attached hydrogens (primary N) is 1. The van der Waals surface area contributed by atoms with Crippen molar-refractivity contribution in [2.45, 2.75) is 20.4 Å². The molecule has 0 bridgehead atoms. The van der Waals surface area contributed by atoms with Crippen LogP contribution in [0.1, 0.15) is 16.7 Å². The molecule has 4 heteroatoms. The zero-order valence-electron chi connectivity index (χ0n) is 12.2. The van der Waals surface area contributed by atoms with E-state index in [1.807, 2.05) is 6.07 Å². The molecule has 2 aromatic carbocycles. The fourth-order valence-electron chi connectivity index (χ4n) is 2.54. The summed E-state index contributed by atoms with van der Waals surface area (Å²) in [5.74, 6) is 0.632. The van der Waals surface area contributed by atoms with E-state index in [-0.39, 0.29) is 12.5 Å². The maximum atomic E-state index is 12.2. The molecule has 2 aromatic rings. The number of ether oxygens (including phenoxy) is 1. The number of carbonyl (C=O) groups is 1. The van der Waals surface area contributed by atoms with Gasteiger partial charge in [-0.25, -0.2) is 0 Å². The van der Waals surface area contributed by atoms with Crippen molar-refractivity contribution in [3.63, 3.8) is 0 Å². The molecule has 1 heterocycles. The fourth-order valence-corrected chi connectivity index (χ4v) is 2.54. The van der Waals surface area contributed by atoms with E-state index in [4.69, 9.17) is 10.5 Å². The van der Waals surface area contributed by atoms with Gasteiger partial charge >= 0.3 is 0 Å². The van der Waals surface area contributed by atoms with Crippen molar-refractivity contribution in [2.75, 3.05) is 17.2 Å². The minimum atomic E-state index is -0.0341. The van der Waals surface area contributed by atoms with Gasteiger partial charge in [-0.05, 0) is 37.1 Å². The summed E-state index contributed by atoms with van der Waals surface area (Å²) in [6.07, 6.45) is 0. The first-order chi connectivity index (χ1) is 10.0. The van der Waals surface area contributed by atoms with Crippen LogP contribution in [0.15, 0.2) is 36.4 Å². The summed E-state index contributed by atoms with van der Waals surface area (Å²) >= 11 is 0. The van der Waals surface area contributed by atoms with Gasteiger partial charge in [-0.1, -0.05) is 23.8 Å². The summed E-state index contributed by atoms with van der Waals surface area (Å²) in [7, 11) is 0. The van der Waals surface area contributed by atoms with Crippen LogP contribution in [0.4, 0.5) is 11.4 Å². The first-order valence-corrected chi connectivity index (χ1v) is 6.93. The third-order valence-corrected chi connectivity index (χ3v) is 3.76. The van der Waals surface area contributed by atoms with Crippen LogP contribution in [0.25, 0.3) is 0 Å². The molecule has 0 fully saturated rings. The van der Waals surface area contributed by atoms with Crippen molar-refractivity contribution in [1.29, 1.82) is 0 Å². The Morgan fingerprint density at radius 1 is 1.19 bits per heavy atom. The summed E-state index contributed by atoms with van der Waals surface area (Å²) in [5, 5.41) is 0. The maximum absolute atomic E-state index is 12.2. The van der Waals surface area contributed by atoms with Gasteiger partial charge < -0.3 is 15.4 Å². The van der Waals surface area contributed by atoms with Crippen LogP contribution < -0.4 is 15.4 Å². The number of nitrogens with zero attached hydrogens (tertiary/aromatic N) is 1. The number of hydrogen-bond acceptors (Lipinski definition) is 3. The smallest absolute Gasteiger partial charge is 0.265 e. The number of aryl methyl sites for hydroxylation is 2. The highest BCUT2D eigenvalue weighted by molar-refractivity contribution is 5.98. The van der Waals surface area contributed by atoms with Crippen molar-refractivity contribution in [1.82, 2.24) is 0 Å². The van der Waals surface area contributed by atoms with Crippen molar-refractivity contribution in [3.05, 3.63) is 53.1 Å². The molecular weight excluding hydrogens is 264 g/mol. The third kappa shape index (κ3) is 2.57. The van der Waals surface area contributed by atoms with Crippen LogP contribution in [0.5, 0.6) is 5.75 Å². The van der Waals surface area contributed by atoms with E-state index in [2.05, 4.69) is 32.0 Å². The largest absolute Gasteiger partial charge is 0.481 e. The van der Waals surface area contributed by atoms with E-state index >= 15 is 0 Å². The zero-order valence-corrected chi connectivity index (χ0v) is 12.2. The monoisotopic (exact) mass is 282 g/mol. The topological polar surface area (TPSA) is 55.6 Å². The second-order valence-electron chi connectivity index (χ2n) is 5.43. The predicted molar refractivity (Wildman–Crippen MR) is 83.5 cm³/mol. The molecule has 0 unspecified atom stereocenters. The highest BCUT2D eigenvalue weighted by Crippen LogP contribution is 2.34. The van der Waals surface area contributed by atoms with Gasteiger partial charge in [-0.3, -0.25) is 4.79 Å². The fraction of sp³-hybridized carbons (Fsp3) is 0.235. The Bertz CT molecular complexity index is 710. The van der Waals surface area contributed by atoms with Crippen LogP contribution in [-0.4, -0.2) is 12.5 Å². The molecule has 1 aliphatic rings. The van der Waals surface area contributed by atoms with Gasteiger partial charge in [0, 0.05) is 11.8 Å². The van der Waals surface area contributed by atoms with Gasteiger partial charge in [0.1, 0.15) is 5.75 Å². The molecule has 2 N–H and O–H groups in total. The predicted octanol–water partition coefficient (Wildman–Crippen LogP) is 2.81. The maximum Gasteiger partial charge on any atom is 0.265 e. The van der Waals surface area contributed by atoms with Gasteiger partial charge in [-0.15, -0.1) is 0 Å². The quantitative estimate of drug-likeness (QED) is 0.862. The summed E-state index contributed by atoms with van der Waals surface area (Å²) in [4.78, 5) is 14.0. The Morgan fingerprint density at radius 2 is 2.00 bits per heavy atom. The van der Waals surface area contributed by atoms with E-state index < -0.39 is 0 Å². The first kappa shape index (κ1) is 13.5. The Labute approximate surface area is 124 Å². The second kappa shape index (κ2) is 5.13. The molecule has 0 atom stereocenters. The average Bonchev–Trinajstić information content (AvgIpc) is 2.45. The molecule has 0 spiro atoms. The van der Waals surface area contributed by atoms with Crippen molar-refractivity contribution < 1.29 is 9.53 Å². The molecule has 4 nitrogen and oxygen atoms in total. The lowest BCUT2D eigenvalue weighted by Crippen LogP contribution is -2.38. The van der Waals surface area contributed by atoms with E-state index in [0.717, 1.165) is 11.3 Å². The van der Waals surface area contributed by atoms with Gasteiger partial charge in [0.15, 0.2) is 6.61 Å². The van der Waals surface area contributed by atoms with Crippen molar-refractivity contribution >= 4 is 17.3 Å². The van der Waals surface area contributed by atoms with Gasteiger partial charge in [0.2, 0.25) is 0 Å². The minimum absolute atomic E-state index is 0.0341. The molecule has 1 aliphatic heterocycles. The summed E-state index contributed by atoms with van der Waals surface area (Å²) in [6.45, 7) is 4.72. The highest BCUT2D eigenvalue weighted by atomic mass is 16.5. The standard InChI is InChI=1S/C17H18N2O2/c1-11-3-4-12(2)13(7-11)9-19-15-6-5-14(18)8-16(15)21-10-17(19)20/h3-8H,9-10,18H2,1-2H3. The van der Waals surface area contributed by atoms with Crippen LogP contribution in [-0.2, 0) is 11.3 Å². The molecule has 1 amide bonds. The Hall–Kier alpha value is -2.49. The summed E-state index contributed by atoms with van der Waals surface area (Å²) in [5.41, 5.74) is 10.7. The molecular formula is C17H18N2O2. The molecule has 3 rings (SSSR count). The van der Waals surface area contributed by atoms with Crippen molar-refractivity contribution in [3.8, 4) is 5.75 Å². The Morgan fingerprint density at radius 3 is 2.81 bits per heavy atom. The molecule has 0 aromatic heterocycles. The molecule has 0 aliphatic carbocycles. The van der Waals surface area contributed by atoms with E-state index in [9.17, 15) is 4.79 Å². The average molecular weight is 282 g/mol. The second-order valence-corrected chi connectivity index (χ2v) is 5.43. The molecule has 0 saturated carbocycles. The van der Waals surface area contributed by atoms with Crippen LogP contribution >= 0.6 is 0 Å². The lowest BCUT2D eigenvalue weighted by atomic mass is 10.0. The number of carbonyl (C=O) groups excluding carboxylic acids is 1. The number of amides is 1. The van der Waals surface area contributed by atoms with Crippen LogP contribution in [0.2, 0.25) is 0 Å². The number of benzene rings is 2. The summed E-state index contributed by atoms with van der Waals surface area (Å²) < 4.78 is 5.47. The number of nitrogen functional groups attached to an aromatic ring is 1. The first-order valence-electron chi connectivity index (χ1n) is 6.93. The number of hydrogen-bond donors (Lipinski definition) is 1. The lowest BCUT2D eigenvalue weighted by Gasteiger charge is -2.30.